The molecule has 0 amide bonds. The minimum Gasteiger partial charge on any atom is -0.356 e. The third-order valence-corrected chi connectivity index (χ3v) is 3.16. The van der Waals surface area contributed by atoms with Crippen LogP contribution in [0.3, 0.4) is 0 Å². The van der Waals surface area contributed by atoms with Crippen molar-refractivity contribution in [3.63, 3.8) is 0 Å². The summed E-state index contributed by atoms with van der Waals surface area (Å²) >= 11 is 4.35. The van der Waals surface area contributed by atoms with E-state index in [0.29, 0.717) is 0 Å². The highest BCUT2D eigenvalue weighted by Crippen LogP contribution is 2.24. The number of hydrogen-bond donors (Lipinski definition) is 2. The van der Waals surface area contributed by atoms with Crippen molar-refractivity contribution in [1.82, 2.24) is 0 Å². The molecule has 3 aromatic carbocycles. The Kier molecular flexibility index (Phi) is 2.95. The van der Waals surface area contributed by atoms with E-state index in [-0.39, 0.29) is 0 Å². The molecule has 0 unspecified atom stereocenters. The SMILES string of the molecule is Sc1ccc2cc(Nc3ccccc3)ccc2c1. The molecular formula is C16H13NS. The molecule has 18 heavy (non-hydrogen) atoms. The van der Waals surface area contributed by atoms with Crippen LogP contribution in [0.5, 0.6) is 0 Å². The fourth-order valence-electron chi connectivity index (χ4n) is 2.00. The molecule has 0 fully saturated rings. The van der Waals surface area contributed by atoms with Gasteiger partial charge in [-0.05, 0) is 47.2 Å². The van der Waals surface area contributed by atoms with Gasteiger partial charge in [-0.2, -0.15) is 0 Å². The average Bonchev–Trinajstić information content (AvgIpc) is 2.40. The molecule has 0 saturated heterocycles. The van der Waals surface area contributed by atoms with Crippen LogP contribution in [0.25, 0.3) is 10.8 Å². The quantitative estimate of drug-likeness (QED) is 0.619. The van der Waals surface area contributed by atoms with Gasteiger partial charge in [0.1, 0.15) is 0 Å². The Morgan fingerprint density at radius 1 is 0.667 bits per heavy atom. The molecule has 0 aliphatic carbocycles. The first kappa shape index (κ1) is 11.2. The van der Waals surface area contributed by atoms with E-state index in [9.17, 15) is 0 Å². The zero-order valence-corrected chi connectivity index (χ0v) is 10.7. The summed E-state index contributed by atoms with van der Waals surface area (Å²) in [5.41, 5.74) is 2.20. The summed E-state index contributed by atoms with van der Waals surface area (Å²) in [7, 11) is 0. The summed E-state index contributed by atoms with van der Waals surface area (Å²) in [6, 6.07) is 22.7. The predicted molar refractivity (Wildman–Crippen MR) is 80.9 cm³/mol. The lowest BCUT2D eigenvalue weighted by atomic mass is 10.1. The lowest BCUT2D eigenvalue weighted by Gasteiger charge is -2.07. The number of benzene rings is 3. The molecular weight excluding hydrogens is 238 g/mol. The van der Waals surface area contributed by atoms with Crippen LogP contribution < -0.4 is 5.32 Å². The summed E-state index contributed by atoms with van der Waals surface area (Å²) in [6.45, 7) is 0. The smallest absolute Gasteiger partial charge is 0.0390 e. The van der Waals surface area contributed by atoms with Crippen molar-refractivity contribution >= 4 is 34.8 Å². The van der Waals surface area contributed by atoms with Gasteiger partial charge in [0.05, 0.1) is 0 Å². The van der Waals surface area contributed by atoms with E-state index in [1.54, 1.807) is 0 Å². The summed E-state index contributed by atoms with van der Waals surface area (Å²) < 4.78 is 0. The van der Waals surface area contributed by atoms with Crippen molar-refractivity contribution in [2.45, 2.75) is 4.90 Å². The summed E-state index contributed by atoms with van der Waals surface area (Å²) in [4.78, 5) is 0.992. The van der Waals surface area contributed by atoms with Crippen molar-refractivity contribution in [2.75, 3.05) is 5.32 Å². The van der Waals surface area contributed by atoms with Crippen molar-refractivity contribution in [1.29, 1.82) is 0 Å². The van der Waals surface area contributed by atoms with Gasteiger partial charge in [-0.1, -0.05) is 30.3 Å². The van der Waals surface area contributed by atoms with Gasteiger partial charge in [0, 0.05) is 16.3 Å². The van der Waals surface area contributed by atoms with Crippen LogP contribution in [0.1, 0.15) is 0 Å². The van der Waals surface area contributed by atoms with Gasteiger partial charge in [0.25, 0.3) is 0 Å². The number of hydrogen-bond acceptors (Lipinski definition) is 2. The highest BCUT2D eigenvalue weighted by Gasteiger charge is 1.97. The number of thiol groups is 1. The Bertz CT molecular complexity index is 677. The highest BCUT2D eigenvalue weighted by atomic mass is 32.1. The molecule has 3 rings (SSSR count). The van der Waals surface area contributed by atoms with Gasteiger partial charge in [-0.3, -0.25) is 0 Å². The molecule has 0 aromatic heterocycles. The fourth-order valence-corrected chi connectivity index (χ4v) is 2.21. The van der Waals surface area contributed by atoms with Crippen LogP contribution in [0, 0.1) is 0 Å². The lowest BCUT2D eigenvalue weighted by molar-refractivity contribution is 1.51. The molecule has 3 aromatic rings. The Hall–Kier alpha value is -1.93. The Morgan fingerprint density at radius 2 is 1.39 bits per heavy atom. The number of fused-ring (bicyclic) bond motifs is 1. The second-order valence-electron chi connectivity index (χ2n) is 4.24. The normalized spacial score (nSPS) is 10.5. The van der Waals surface area contributed by atoms with E-state index >= 15 is 0 Å². The van der Waals surface area contributed by atoms with Crippen molar-refractivity contribution < 1.29 is 0 Å². The highest BCUT2D eigenvalue weighted by molar-refractivity contribution is 7.80. The summed E-state index contributed by atoms with van der Waals surface area (Å²) in [6.07, 6.45) is 0. The molecule has 88 valence electrons. The van der Waals surface area contributed by atoms with Gasteiger partial charge in [-0.15, -0.1) is 12.6 Å². The van der Waals surface area contributed by atoms with E-state index < -0.39 is 0 Å². The fraction of sp³-hybridized carbons (Fsp3) is 0. The molecule has 1 N–H and O–H groups in total. The van der Waals surface area contributed by atoms with Crippen LogP contribution in [-0.4, -0.2) is 0 Å². The van der Waals surface area contributed by atoms with Crippen LogP contribution in [0.2, 0.25) is 0 Å². The second kappa shape index (κ2) is 4.75. The van der Waals surface area contributed by atoms with Crippen LogP contribution in [0.4, 0.5) is 11.4 Å². The summed E-state index contributed by atoms with van der Waals surface area (Å²) in [5.74, 6) is 0. The third-order valence-electron chi connectivity index (χ3n) is 2.89. The van der Waals surface area contributed by atoms with Gasteiger partial charge < -0.3 is 5.32 Å². The van der Waals surface area contributed by atoms with E-state index in [2.05, 4.69) is 60.4 Å². The Morgan fingerprint density at radius 3 is 2.22 bits per heavy atom. The molecule has 0 bridgehead atoms. The van der Waals surface area contributed by atoms with Gasteiger partial charge in [0.15, 0.2) is 0 Å². The topological polar surface area (TPSA) is 12.0 Å². The summed E-state index contributed by atoms with van der Waals surface area (Å²) in [5, 5.41) is 5.82. The average molecular weight is 251 g/mol. The minimum absolute atomic E-state index is 0.992. The van der Waals surface area contributed by atoms with Gasteiger partial charge in [0.2, 0.25) is 0 Å². The Labute approximate surface area is 112 Å². The number of nitrogens with one attached hydrogen (secondary N) is 1. The zero-order valence-electron chi connectivity index (χ0n) is 9.80. The molecule has 0 saturated carbocycles. The monoisotopic (exact) mass is 251 g/mol. The van der Waals surface area contributed by atoms with Crippen LogP contribution >= 0.6 is 12.6 Å². The lowest BCUT2D eigenvalue weighted by Crippen LogP contribution is -1.89. The third kappa shape index (κ3) is 2.34. The minimum atomic E-state index is 0.992. The number of anilines is 2. The Balaban J connectivity index is 1.96. The largest absolute Gasteiger partial charge is 0.356 e. The molecule has 0 heterocycles. The van der Waals surface area contributed by atoms with E-state index in [1.807, 2.05) is 24.3 Å². The van der Waals surface area contributed by atoms with E-state index in [4.69, 9.17) is 0 Å². The van der Waals surface area contributed by atoms with Crippen molar-refractivity contribution in [3.05, 3.63) is 66.7 Å². The maximum Gasteiger partial charge on any atom is 0.0390 e. The van der Waals surface area contributed by atoms with Gasteiger partial charge >= 0.3 is 0 Å². The first-order chi connectivity index (χ1) is 8.81. The van der Waals surface area contributed by atoms with Crippen LogP contribution in [0.15, 0.2) is 71.6 Å². The first-order valence-corrected chi connectivity index (χ1v) is 6.31. The molecule has 0 radical (unpaired) electrons. The molecule has 0 aliphatic heterocycles. The maximum atomic E-state index is 4.35. The number of rotatable bonds is 2. The number of para-hydroxylation sites is 1. The predicted octanol–water partition coefficient (Wildman–Crippen LogP) is 4.87. The molecule has 0 spiro atoms. The van der Waals surface area contributed by atoms with E-state index in [1.165, 1.54) is 10.8 Å². The van der Waals surface area contributed by atoms with Crippen molar-refractivity contribution in [2.24, 2.45) is 0 Å². The second-order valence-corrected chi connectivity index (χ2v) is 4.75. The molecule has 0 atom stereocenters. The molecule has 0 aliphatic rings. The van der Waals surface area contributed by atoms with Crippen molar-refractivity contribution in [3.8, 4) is 0 Å². The molecule has 1 nitrogen and oxygen atoms in total. The van der Waals surface area contributed by atoms with Gasteiger partial charge in [-0.25, -0.2) is 0 Å². The zero-order chi connectivity index (χ0) is 12.4. The first-order valence-electron chi connectivity index (χ1n) is 5.86. The molecule has 2 heteroatoms. The van der Waals surface area contributed by atoms with Crippen LogP contribution in [-0.2, 0) is 0 Å². The standard InChI is InChI=1S/C16H13NS/c18-16-9-7-12-10-15(8-6-13(12)11-16)17-14-4-2-1-3-5-14/h1-11,17-18H. The maximum absolute atomic E-state index is 4.35. The van der Waals surface area contributed by atoms with E-state index in [0.717, 1.165) is 16.3 Å².